The van der Waals surface area contributed by atoms with Gasteiger partial charge in [-0.2, -0.15) is 0 Å². The van der Waals surface area contributed by atoms with Crippen molar-refractivity contribution in [3.8, 4) is 0 Å². The van der Waals surface area contributed by atoms with Crippen LogP contribution < -0.4 is 0 Å². The fourth-order valence-corrected chi connectivity index (χ4v) is 1.64. The number of nitrogens with zero attached hydrogens (tertiary/aromatic N) is 1. The van der Waals surface area contributed by atoms with Gasteiger partial charge < -0.3 is 9.52 Å². The molecule has 0 bridgehead atoms. The molecule has 0 radical (unpaired) electrons. The number of para-hydroxylation sites is 1. The number of Topliss-reactive ketones (excluding diaryl/α,β-unsaturated/α-hetero) is 1. The minimum atomic E-state index is -1.26. The monoisotopic (exact) mass is 283 g/mol. The summed E-state index contributed by atoms with van der Waals surface area (Å²) in [6.07, 6.45) is 0. The number of benzene rings is 1. The van der Waals surface area contributed by atoms with E-state index in [1.165, 1.54) is 0 Å². The number of carboxylic acids is 1. The van der Waals surface area contributed by atoms with Crippen molar-refractivity contribution in [3.05, 3.63) is 29.7 Å². The first kappa shape index (κ1) is 10.8. The van der Waals surface area contributed by atoms with Gasteiger partial charge in [0, 0.05) is 5.56 Å². The van der Waals surface area contributed by atoms with Crippen LogP contribution in [0, 0.1) is 0 Å². The summed E-state index contributed by atoms with van der Waals surface area (Å²) in [5, 5.41) is 8.88. The molecule has 1 N–H and O–H groups in total. The van der Waals surface area contributed by atoms with Crippen LogP contribution in [0.2, 0.25) is 0 Å². The maximum atomic E-state index is 11.5. The molecule has 6 heteroatoms. The van der Waals surface area contributed by atoms with Gasteiger partial charge in [-0.1, -0.05) is 22.0 Å². The zero-order valence-electron chi connectivity index (χ0n) is 7.94. The van der Waals surface area contributed by atoms with Gasteiger partial charge in [0.1, 0.15) is 5.52 Å². The van der Waals surface area contributed by atoms with Crippen molar-refractivity contribution >= 4 is 38.8 Å². The molecule has 1 heterocycles. The molecule has 0 unspecified atom stereocenters. The van der Waals surface area contributed by atoms with Crippen molar-refractivity contribution in [1.29, 1.82) is 0 Å². The van der Waals surface area contributed by atoms with Crippen LogP contribution in [-0.4, -0.2) is 27.2 Å². The van der Waals surface area contributed by atoms with Gasteiger partial charge in [0.05, 0.1) is 5.33 Å². The Morgan fingerprint density at radius 2 is 2.19 bits per heavy atom. The first-order chi connectivity index (χ1) is 7.63. The molecule has 0 aliphatic carbocycles. The third-order valence-corrected chi connectivity index (χ3v) is 2.53. The zero-order chi connectivity index (χ0) is 11.7. The Bertz CT molecular complexity index is 575. The second-order valence-corrected chi connectivity index (χ2v) is 3.59. The molecule has 0 fully saturated rings. The number of hydrogen-bond acceptors (Lipinski definition) is 4. The normalized spacial score (nSPS) is 10.6. The minimum absolute atomic E-state index is 0.154. The molecular weight excluding hydrogens is 278 g/mol. The number of hydrogen-bond donors (Lipinski definition) is 1. The second-order valence-electron chi connectivity index (χ2n) is 3.03. The summed E-state index contributed by atoms with van der Waals surface area (Å²) in [6.45, 7) is 0. The SMILES string of the molecule is O=C(O)c1nc2c(C(=O)CBr)cccc2o1. The molecule has 0 saturated heterocycles. The van der Waals surface area contributed by atoms with Crippen LogP contribution >= 0.6 is 15.9 Å². The minimum Gasteiger partial charge on any atom is -0.474 e. The Labute approximate surface area is 98.2 Å². The number of fused-ring (bicyclic) bond motifs is 1. The van der Waals surface area contributed by atoms with Crippen LogP contribution in [-0.2, 0) is 0 Å². The molecule has 82 valence electrons. The number of carbonyl (C=O) groups is 2. The van der Waals surface area contributed by atoms with Crippen molar-refractivity contribution in [2.75, 3.05) is 5.33 Å². The van der Waals surface area contributed by atoms with Gasteiger partial charge in [-0.25, -0.2) is 9.78 Å². The molecule has 0 aliphatic heterocycles. The van der Waals surface area contributed by atoms with E-state index in [0.717, 1.165) is 0 Å². The molecular formula is C10H6BrNO4. The highest BCUT2D eigenvalue weighted by molar-refractivity contribution is 9.09. The number of oxazole rings is 1. The third kappa shape index (κ3) is 1.71. The number of aromatic carboxylic acids is 1. The number of carbonyl (C=O) groups excluding carboxylic acids is 1. The molecule has 1 aromatic carbocycles. The number of carboxylic acid groups (broad SMARTS) is 1. The van der Waals surface area contributed by atoms with Gasteiger partial charge in [0.25, 0.3) is 0 Å². The maximum absolute atomic E-state index is 11.5. The highest BCUT2D eigenvalue weighted by Crippen LogP contribution is 2.20. The van der Waals surface area contributed by atoms with Gasteiger partial charge in [-0.3, -0.25) is 4.79 Å². The lowest BCUT2D eigenvalue weighted by Gasteiger charge is -1.95. The van der Waals surface area contributed by atoms with Crippen LogP contribution in [0.4, 0.5) is 0 Å². The average Bonchev–Trinajstić information content (AvgIpc) is 2.71. The Kier molecular flexibility index (Phi) is 2.74. The summed E-state index contributed by atoms with van der Waals surface area (Å²) >= 11 is 3.05. The standard InChI is InChI=1S/C10H6BrNO4/c11-4-6(13)5-2-1-3-7-8(5)12-9(16-7)10(14)15/h1-3H,4H2,(H,14,15). The van der Waals surface area contributed by atoms with Crippen LogP contribution in [0.5, 0.6) is 0 Å². The molecule has 1 aromatic heterocycles. The van der Waals surface area contributed by atoms with Gasteiger partial charge in [-0.15, -0.1) is 0 Å². The molecule has 2 aromatic rings. The number of aromatic nitrogens is 1. The lowest BCUT2D eigenvalue weighted by atomic mass is 10.1. The van der Waals surface area contributed by atoms with Crippen molar-refractivity contribution in [2.24, 2.45) is 0 Å². The van der Waals surface area contributed by atoms with Crippen LogP contribution in [0.1, 0.15) is 21.0 Å². The van der Waals surface area contributed by atoms with E-state index in [2.05, 4.69) is 20.9 Å². The second kappa shape index (κ2) is 4.05. The fraction of sp³-hybridized carbons (Fsp3) is 0.100. The van der Waals surface area contributed by atoms with Crippen molar-refractivity contribution in [1.82, 2.24) is 4.98 Å². The number of alkyl halides is 1. The van der Waals surface area contributed by atoms with Gasteiger partial charge in [0.15, 0.2) is 11.4 Å². The van der Waals surface area contributed by atoms with E-state index >= 15 is 0 Å². The Morgan fingerprint density at radius 1 is 1.44 bits per heavy atom. The summed E-state index contributed by atoms with van der Waals surface area (Å²) in [7, 11) is 0. The lowest BCUT2D eigenvalue weighted by molar-refractivity contribution is 0.0656. The van der Waals surface area contributed by atoms with Gasteiger partial charge in [-0.05, 0) is 12.1 Å². The molecule has 0 amide bonds. The lowest BCUT2D eigenvalue weighted by Crippen LogP contribution is -2.01. The van der Waals surface area contributed by atoms with E-state index in [1.54, 1.807) is 18.2 Å². The summed E-state index contributed by atoms with van der Waals surface area (Å²) in [6, 6.07) is 4.77. The van der Waals surface area contributed by atoms with E-state index in [-0.39, 0.29) is 16.6 Å². The summed E-state index contributed by atoms with van der Waals surface area (Å²) in [5.74, 6) is -1.84. The maximum Gasteiger partial charge on any atom is 0.392 e. The van der Waals surface area contributed by atoms with Crippen molar-refractivity contribution in [2.45, 2.75) is 0 Å². The largest absolute Gasteiger partial charge is 0.474 e. The van der Waals surface area contributed by atoms with Crippen LogP contribution in [0.3, 0.4) is 0 Å². The first-order valence-electron chi connectivity index (χ1n) is 4.35. The van der Waals surface area contributed by atoms with Crippen LogP contribution in [0.25, 0.3) is 11.1 Å². The van der Waals surface area contributed by atoms with E-state index in [0.29, 0.717) is 11.1 Å². The molecule has 16 heavy (non-hydrogen) atoms. The zero-order valence-corrected chi connectivity index (χ0v) is 9.52. The van der Waals surface area contributed by atoms with Crippen molar-refractivity contribution < 1.29 is 19.1 Å². The van der Waals surface area contributed by atoms with E-state index in [9.17, 15) is 9.59 Å². The fourth-order valence-electron chi connectivity index (χ4n) is 1.34. The van der Waals surface area contributed by atoms with Crippen molar-refractivity contribution in [3.63, 3.8) is 0 Å². The topological polar surface area (TPSA) is 80.4 Å². The first-order valence-corrected chi connectivity index (χ1v) is 5.47. The highest BCUT2D eigenvalue weighted by Gasteiger charge is 2.17. The Balaban J connectivity index is 2.67. The van der Waals surface area contributed by atoms with Gasteiger partial charge in [0.2, 0.25) is 0 Å². The number of rotatable bonds is 3. The number of halogens is 1. The Hall–Kier alpha value is -1.69. The molecule has 2 rings (SSSR count). The predicted molar refractivity (Wildman–Crippen MR) is 59.1 cm³/mol. The predicted octanol–water partition coefficient (Wildman–Crippen LogP) is 2.10. The summed E-state index contributed by atoms with van der Waals surface area (Å²) in [4.78, 5) is 26.0. The molecule has 0 aliphatic rings. The smallest absolute Gasteiger partial charge is 0.392 e. The molecule has 0 atom stereocenters. The molecule has 0 spiro atoms. The van der Waals surface area contributed by atoms with Gasteiger partial charge >= 0.3 is 11.9 Å². The van der Waals surface area contributed by atoms with E-state index < -0.39 is 11.9 Å². The Morgan fingerprint density at radius 3 is 2.81 bits per heavy atom. The summed E-state index contributed by atoms with van der Waals surface area (Å²) < 4.78 is 4.99. The third-order valence-electron chi connectivity index (χ3n) is 2.02. The highest BCUT2D eigenvalue weighted by atomic mass is 79.9. The summed E-state index contributed by atoms with van der Waals surface area (Å²) in [5.41, 5.74) is 0.930. The average molecular weight is 284 g/mol. The van der Waals surface area contributed by atoms with E-state index in [4.69, 9.17) is 9.52 Å². The quantitative estimate of drug-likeness (QED) is 0.689. The molecule has 0 saturated carbocycles. The molecule has 5 nitrogen and oxygen atoms in total. The van der Waals surface area contributed by atoms with Crippen LogP contribution in [0.15, 0.2) is 22.6 Å². The number of ketones is 1. The van der Waals surface area contributed by atoms with E-state index in [1.807, 2.05) is 0 Å².